The molecular formula is C11H15NOS2. The van der Waals surface area contributed by atoms with Crippen molar-refractivity contribution in [2.75, 3.05) is 26.0 Å². The Morgan fingerprint density at radius 1 is 1.60 bits per heavy atom. The van der Waals surface area contributed by atoms with E-state index in [1.807, 2.05) is 11.8 Å². The molecule has 0 aliphatic rings. The number of methoxy groups -OCH3 is 1. The van der Waals surface area contributed by atoms with E-state index in [0.29, 0.717) is 6.54 Å². The molecule has 2 nitrogen and oxygen atoms in total. The van der Waals surface area contributed by atoms with Crippen LogP contribution >= 0.6 is 23.1 Å². The molecule has 0 amide bonds. The Morgan fingerprint density at radius 2 is 2.47 bits per heavy atom. The molecule has 0 radical (unpaired) electrons. The molecule has 0 aromatic carbocycles. The Morgan fingerprint density at radius 3 is 3.20 bits per heavy atom. The molecule has 0 fully saturated rings. The highest BCUT2D eigenvalue weighted by Gasteiger charge is 1.97. The Bertz CT molecular complexity index is 338. The molecule has 0 atom stereocenters. The number of thioether (sulfide) groups is 1. The second kappa shape index (κ2) is 7.77. The van der Waals surface area contributed by atoms with Crippen LogP contribution in [0.2, 0.25) is 0 Å². The van der Waals surface area contributed by atoms with Crippen LogP contribution in [0.3, 0.4) is 0 Å². The summed E-state index contributed by atoms with van der Waals surface area (Å²) in [4.78, 5) is 1.36. The molecule has 0 unspecified atom stereocenters. The van der Waals surface area contributed by atoms with E-state index in [2.05, 4.69) is 23.3 Å². The average molecular weight is 241 g/mol. The number of rotatable bonds is 5. The van der Waals surface area contributed by atoms with Crippen LogP contribution in [0.4, 0.5) is 0 Å². The monoisotopic (exact) mass is 241 g/mol. The SMILES string of the molecule is COCCSCc1cc(C#CCN)cs1. The molecule has 1 aromatic rings. The van der Waals surface area contributed by atoms with E-state index in [0.717, 1.165) is 23.7 Å². The first kappa shape index (κ1) is 12.6. The largest absolute Gasteiger partial charge is 0.384 e. The van der Waals surface area contributed by atoms with Crippen molar-refractivity contribution in [3.8, 4) is 11.8 Å². The lowest BCUT2D eigenvalue weighted by molar-refractivity contribution is 0.218. The summed E-state index contributed by atoms with van der Waals surface area (Å²) in [5.41, 5.74) is 6.39. The fourth-order valence-electron chi connectivity index (χ4n) is 0.990. The highest BCUT2D eigenvalue weighted by molar-refractivity contribution is 7.98. The Labute approximate surface area is 99.2 Å². The maximum atomic E-state index is 5.31. The van der Waals surface area contributed by atoms with Crippen LogP contribution in [0.15, 0.2) is 11.4 Å². The van der Waals surface area contributed by atoms with Gasteiger partial charge in [-0.2, -0.15) is 11.8 Å². The van der Waals surface area contributed by atoms with E-state index in [1.54, 1.807) is 18.4 Å². The lowest BCUT2D eigenvalue weighted by Crippen LogP contribution is -1.92. The van der Waals surface area contributed by atoms with Crippen molar-refractivity contribution in [2.24, 2.45) is 5.73 Å². The summed E-state index contributed by atoms with van der Waals surface area (Å²) in [5.74, 6) is 7.96. The first-order valence-electron chi connectivity index (χ1n) is 4.70. The minimum atomic E-state index is 0.424. The highest BCUT2D eigenvalue weighted by atomic mass is 32.2. The van der Waals surface area contributed by atoms with Gasteiger partial charge in [0.25, 0.3) is 0 Å². The van der Waals surface area contributed by atoms with Gasteiger partial charge in [0, 0.05) is 34.4 Å². The van der Waals surface area contributed by atoms with Gasteiger partial charge in [-0.25, -0.2) is 0 Å². The van der Waals surface area contributed by atoms with Crippen molar-refractivity contribution in [2.45, 2.75) is 5.75 Å². The van der Waals surface area contributed by atoms with E-state index in [-0.39, 0.29) is 0 Å². The molecular weight excluding hydrogens is 226 g/mol. The number of ether oxygens (including phenoxy) is 1. The quantitative estimate of drug-likeness (QED) is 0.632. The number of nitrogens with two attached hydrogens (primary N) is 1. The van der Waals surface area contributed by atoms with Gasteiger partial charge in [0.1, 0.15) is 0 Å². The third-order valence-electron chi connectivity index (χ3n) is 1.66. The molecule has 0 bridgehead atoms. The van der Waals surface area contributed by atoms with Crippen LogP contribution in [0.1, 0.15) is 10.4 Å². The van der Waals surface area contributed by atoms with Crippen LogP contribution in [0.5, 0.6) is 0 Å². The summed E-state index contributed by atoms with van der Waals surface area (Å²) < 4.78 is 4.98. The van der Waals surface area contributed by atoms with E-state index < -0.39 is 0 Å². The summed E-state index contributed by atoms with van der Waals surface area (Å²) in [5, 5.41) is 2.08. The third kappa shape index (κ3) is 5.24. The van der Waals surface area contributed by atoms with Crippen LogP contribution in [-0.4, -0.2) is 26.0 Å². The van der Waals surface area contributed by atoms with Crippen molar-refractivity contribution < 1.29 is 4.74 Å². The second-order valence-electron chi connectivity index (χ2n) is 2.85. The fraction of sp³-hybridized carbons (Fsp3) is 0.455. The summed E-state index contributed by atoms with van der Waals surface area (Å²) in [7, 11) is 1.73. The van der Waals surface area contributed by atoms with Gasteiger partial charge in [0.05, 0.1) is 13.2 Å². The highest BCUT2D eigenvalue weighted by Crippen LogP contribution is 2.19. The maximum absolute atomic E-state index is 5.31. The predicted molar refractivity (Wildman–Crippen MR) is 68.3 cm³/mol. The predicted octanol–water partition coefficient (Wildman–Crippen LogP) is 1.94. The molecule has 1 aromatic heterocycles. The maximum Gasteiger partial charge on any atom is 0.0555 e. The van der Waals surface area contributed by atoms with Gasteiger partial charge in [0.2, 0.25) is 0 Å². The van der Waals surface area contributed by atoms with E-state index in [9.17, 15) is 0 Å². The van der Waals surface area contributed by atoms with Gasteiger partial charge >= 0.3 is 0 Å². The summed E-state index contributed by atoms with van der Waals surface area (Å²) >= 11 is 3.63. The first-order valence-corrected chi connectivity index (χ1v) is 6.73. The lowest BCUT2D eigenvalue weighted by atomic mass is 10.3. The smallest absolute Gasteiger partial charge is 0.0555 e. The first-order chi connectivity index (χ1) is 7.36. The van der Waals surface area contributed by atoms with Crippen molar-refractivity contribution in [1.29, 1.82) is 0 Å². The number of hydrogen-bond acceptors (Lipinski definition) is 4. The van der Waals surface area contributed by atoms with Gasteiger partial charge in [0.15, 0.2) is 0 Å². The molecule has 0 aliphatic heterocycles. The van der Waals surface area contributed by atoms with Crippen molar-refractivity contribution in [1.82, 2.24) is 0 Å². The lowest BCUT2D eigenvalue weighted by Gasteiger charge is -1.97. The average Bonchev–Trinajstić information content (AvgIpc) is 2.69. The third-order valence-corrected chi connectivity index (χ3v) is 3.75. The van der Waals surface area contributed by atoms with Gasteiger partial charge in [-0.3, -0.25) is 0 Å². The molecule has 0 spiro atoms. The number of thiophene rings is 1. The molecule has 1 heterocycles. The minimum Gasteiger partial charge on any atom is -0.384 e. The topological polar surface area (TPSA) is 35.2 Å². The Kier molecular flexibility index (Phi) is 6.53. The normalized spacial score (nSPS) is 9.73. The van der Waals surface area contributed by atoms with E-state index in [4.69, 9.17) is 10.5 Å². The van der Waals surface area contributed by atoms with Crippen LogP contribution in [0, 0.1) is 11.8 Å². The van der Waals surface area contributed by atoms with Crippen LogP contribution in [-0.2, 0) is 10.5 Å². The minimum absolute atomic E-state index is 0.424. The Balaban J connectivity index is 2.33. The number of hydrogen-bond donors (Lipinski definition) is 1. The van der Waals surface area contributed by atoms with Gasteiger partial charge < -0.3 is 10.5 Å². The molecule has 0 saturated carbocycles. The Hall–Kier alpha value is -0.470. The zero-order valence-electron chi connectivity index (χ0n) is 8.79. The van der Waals surface area contributed by atoms with Crippen molar-refractivity contribution >= 4 is 23.1 Å². The molecule has 0 aliphatic carbocycles. The van der Waals surface area contributed by atoms with Crippen LogP contribution in [0.25, 0.3) is 0 Å². The van der Waals surface area contributed by atoms with E-state index in [1.165, 1.54) is 4.88 Å². The molecule has 4 heteroatoms. The molecule has 1 rings (SSSR count). The molecule has 2 N–H and O–H groups in total. The fourth-order valence-corrected chi connectivity index (χ4v) is 2.83. The standard InChI is InChI=1S/C11H15NOS2/c1-13-5-6-14-9-11-7-10(8-15-11)3-2-4-12/h7-8H,4-6,9,12H2,1H3. The zero-order valence-corrected chi connectivity index (χ0v) is 10.4. The summed E-state index contributed by atoms with van der Waals surface area (Å²) in [6.45, 7) is 1.24. The van der Waals surface area contributed by atoms with Gasteiger partial charge in [-0.05, 0) is 6.07 Å². The van der Waals surface area contributed by atoms with E-state index >= 15 is 0 Å². The molecule has 15 heavy (non-hydrogen) atoms. The van der Waals surface area contributed by atoms with Crippen molar-refractivity contribution in [3.63, 3.8) is 0 Å². The van der Waals surface area contributed by atoms with Gasteiger partial charge in [-0.1, -0.05) is 11.8 Å². The molecule has 0 saturated heterocycles. The van der Waals surface area contributed by atoms with Crippen LogP contribution < -0.4 is 5.73 Å². The summed E-state index contributed by atoms with van der Waals surface area (Å²) in [6, 6.07) is 2.13. The van der Waals surface area contributed by atoms with Crippen molar-refractivity contribution in [3.05, 3.63) is 21.9 Å². The molecule has 82 valence electrons. The zero-order chi connectivity index (χ0) is 10.9. The van der Waals surface area contributed by atoms with Gasteiger partial charge in [-0.15, -0.1) is 11.3 Å². The summed E-state index contributed by atoms with van der Waals surface area (Å²) in [6.07, 6.45) is 0. The second-order valence-corrected chi connectivity index (χ2v) is 4.95.